The van der Waals surface area contributed by atoms with Gasteiger partial charge in [-0.2, -0.15) is 0 Å². The van der Waals surface area contributed by atoms with Gasteiger partial charge in [-0.15, -0.1) is 0 Å². The maximum absolute atomic E-state index is 13.2. The summed E-state index contributed by atoms with van der Waals surface area (Å²) in [4.78, 5) is 0.226. The Bertz CT molecular complexity index is 299. The predicted molar refractivity (Wildman–Crippen MR) is 57.7 cm³/mol. The Morgan fingerprint density at radius 2 is 2.07 bits per heavy atom. The first-order valence-electron chi connectivity index (χ1n) is 4.72. The molecule has 1 atom stereocenters. The molecule has 0 fully saturated rings. The minimum absolute atomic E-state index is 0.226. The van der Waals surface area contributed by atoms with Gasteiger partial charge in [0.05, 0.1) is 0 Å². The van der Waals surface area contributed by atoms with Gasteiger partial charge in [-0.25, -0.2) is 8.78 Å². The van der Waals surface area contributed by atoms with E-state index in [-0.39, 0.29) is 4.83 Å². The third kappa shape index (κ3) is 3.05. The van der Waals surface area contributed by atoms with E-state index in [9.17, 15) is 8.78 Å². The van der Waals surface area contributed by atoms with Gasteiger partial charge >= 0.3 is 0 Å². The summed E-state index contributed by atoms with van der Waals surface area (Å²) in [5.41, 5.74) is 0.445. The first-order chi connectivity index (χ1) is 6.65. The second-order valence-electron chi connectivity index (χ2n) is 3.30. The van der Waals surface area contributed by atoms with Crippen molar-refractivity contribution in [3.8, 4) is 0 Å². The third-order valence-electron chi connectivity index (χ3n) is 2.07. The van der Waals surface area contributed by atoms with Crippen LogP contribution in [-0.4, -0.2) is 4.83 Å². The van der Waals surface area contributed by atoms with E-state index in [1.807, 2.05) is 0 Å². The molecule has 0 aliphatic heterocycles. The van der Waals surface area contributed by atoms with E-state index in [4.69, 9.17) is 0 Å². The smallest absolute Gasteiger partial charge is 0.162 e. The average molecular weight is 263 g/mol. The molecule has 0 saturated carbocycles. The number of hydrogen-bond acceptors (Lipinski definition) is 0. The lowest BCUT2D eigenvalue weighted by Gasteiger charge is -2.09. The van der Waals surface area contributed by atoms with Crippen LogP contribution in [0.2, 0.25) is 0 Å². The monoisotopic (exact) mass is 262 g/mol. The fourth-order valence-corrected chi connectivity index (χ4v) is 2.17. The molecule has 0 bridgehead atoms. The summed E-state index contributed by atoms with van der Waals surface area (Å²) in [7, 11) is 0. The Hall–Kier alpha value is -0.440. The van der Waals surface area contributed by atoms with Crippen molar-refractivity contribution in [1.82, 2.24) is 0 Å². The second-order valence-corrected chi connectivity index (χ2v) is 4.60. The van der Waals surface area contributed by atoms with Gasteiger partial charge in [0.2, 0.25) is 0 Å². The number of halogens is 3. The van der Waals surface area contributed by atoms with Gasteiger partial charge in [0, 0.05) is 4.83 Å². The van der Waals surface area contributed by atoms with Crippen molar-refractivity contribution in [2.75, 3.05) is 0 Å². The fourth-order valence-electron chi connectivity index (χ4n) is 1.36. The van der Waals surface area contributed by atoms with E-state index in [1.165, 1.54) is 0 Å². The maximum Gasteiger partial charge on any atom is 0.162 e. The van der Waals surface area contributed by atoms with Crippen LogP contribution in [0.5, 0.6) is 0 Å². The quantitative estimate of drug-likeness (QED) is 0.718. The van der Waals surface area contributed by atoms with Crippen molar-refractivity contribution < 1.29 is 8.78 Å². The standard InChI is InChI=1S/C11H13BrF2/c1-2-4-9(12)7-8-5-3-6-10(13)11(8)14/h3,5-6,9H,2,4,7H2,1H3. The molecule has 1 unspecified atom stereocenters. The summed E-state index contributed by atoms with van der Waals surface area (Å²) >= 11 is 3.44. The first kappa shape index (κ1) is 11.6. The van der Waals surface area contributed by atoms with Crippen LogP contribution in [0.4, 0.5) is 8.78 Å². The van der Waals surface area contributed by atoms with Gasteiger partial charge in [0.25, 0.3) is 0 Å². The summed E-state index contributed by atoms with van der Waals surface area (Å²) < 4.78 is 26.0. The Labute approximate surface area is 91.5 Å². The normalized spacial score (nSPS) is 12.9. The van der Waals surface area contributed by atoms with Crippen LogP contribution in [0.15, 0.2) is 18.2 Å². The van der Waals surface area contributed by atoms with Crippen LogP contribution in [-0.2, 0) is 6.42 Å². The van der Waals surface area contributed by atoms with Crippen molar-refractivity contribution in [2.24, 2.45) is 0 Å². The zero-order valence-corrected chi connectivity index (χ0v) is 9.65. The van der Waals surface area contributed by atoms with Crippen molar-refractivity contribution >= 4 is 15.9 Å². The molecule has 14 heavy (non-hydrogen) atoms. The lowest BCUT2D eigenvalue weighted by Crippen LogP contribution is -2.05. The average Bonchev–Trinajstić information content (AvgIpc) is 2.13. The molecule has 1 rings (SSSR count). The summed E-state index contributed by atoms with van der Waals surface area (Å²) in [6, 6.07) is 4.31. The number of hydrogen-bond donors (Lipinski definition) is 0. The fraction of sp³-hybridized carbons (Fsp3) is 0.455. The Morgan fingerprint density at radius 3 is 2.71 bits per heavy atom. The van der Waals surface area contributed by atoms with Crippen molar-refractivity contribution in [2.45, 2.75) is 31.0 Å². The van der Waals surface area contributed by atoms with Crippen LogP contribution in [0.3, 0.4) is 0 Å². The topological polar surface area (TPSA) is 0 Å². The highest BCUT2D eigenvalue weighted by atomic mass is 79.9. The highest BCUT2D eigenvalue weighted by molar-refractivity contribution is 9.09. The van der Waals surface area contributed by atoms with E-state index in [1.54, 1.807) is 12.1 Å². The molecule has 1 aromatic carbocycles. The van der Waals surface area contributed by atoms with Crippen LogP contribution in [0.25, 0.3) is 0 Å². The Balaban J connectivity index is 2.71. The lowest BCUT2D eigenvalue weighted by atomic mass is 10.1. The first-order valence-corrected chi connectivity index (χ1v) is 5.63. The molecule has 0 spiro atoms. The molecule has 0 heterocycles. The predicted octanol–water partition coefficient (Wildman–Crippen LogP) is 4.07. The van der Waals surface area contributed by atoms with Gasteiger partial charge in [0.1, 0.15) is 0 Å². The summed E-state index contributed by atoms with van der Waals surface area (Å²) in [5.74, 6) is -1.48. The van der Waals surface area contributed by atoms with E-state index in [0.717, 1.165) is 18.9 Å². The van der Waals surface area contributed by atoms with Gasteiger partial charge in [-0.05, 0) is 24.5 Å². The summed E-state index contributed by atoms with van der Waals surface area (Å²) in [6.07, 6.45) is 2.54. The van der Waals surface area contributed by atoms with Crippen LogP contribution in [0.1, 0.15) is 25.3 Å². The van der Waals surface area contributed by atoms with Crippen LogP contribution >= 0.6 is 15.9 Å². The third-order valence-corrected chi connectivity index (χ3v) is 2.86. The minimum atomic E-state index is -0.765. The van der Waals surface area contributed by atoms with Crippen LogP contribution in [0, 0.1) is 11.6 Å². The maximum atomic E-state index is 13.2. The van der Waals surface area contributed by atoms with Gasteiger partial charge in [0.15, 0.2) is 11.6 Å². The molecule has 0 saturated heterocycles. The number of rotatable bonds is 4. The van der Waals surface area contributed by atoms with Crippen molar-refractivity contribution in [1.29, 1.82) is 0 Å². The SMILES string of the molecule is CCCC(Br)Cc1cccc(F)c1F. The summed E-state index contributed by atoms with van der Waals surface area (Å²) in [5, 5.41) is 0. The number of alkyl halides is 1. The second kappa shape index (κ2) is 5.44. The van der Waals surface area contributed by atoms with E-state index in [0.29, 0.717) is 12.0 Å². The minimum Gasteiger partial charge on any atom is -0.204 e. The highest BCUT2D eigenvalue weighted by Gasteiger charge is 2.11. The Kier molecular flexibility index (Phi) is 4.52. The van der Waals surface area contributed by atoms with E-state index < -0.39 is 11.6 Å². The lowest BCUT2D eigenvalue weighted by molar-refractivity contribution is 0.497. The van der Waals surface area contributed by atoms with Crippen LogP contribution < -0.4 is 0 Å². The molecule has 3 heteroatoms. The molecule has 0 aliphatic rings. The zero-order valence-electron chi connectivity index (χ0n) is 8.06. The molecule has 0 aromatic heterocycles. The van der Waals surface area contributed by atoms with Crippen molar-refractivity contribution in [3.63, 3.8) is 0 Å². The molecule has 78 valence electrons. The molecule has 0 amide bonds. The highest BCUT2D eigenvalue weighted by Crippen LogP contribution is 2.18. The molecule has 0 aliphatic carbocycles. The molecule has 1 aromatic rings. The van der Waals surface area contributed by atoms with Gasteiger partial charge in [-0.1, -0.05) is 41.4 Å². The van der Waals surface area contributed by atoms with E-state index >= 15 is 0 Å². The number of benzene rings is 1. The zero-order chi connectivity index (χ0) is 10.6. The molecular formula is C11H13BrF2. The Morgan fingerprint density at radius 1 is 1.36 bits per heavy atom. The summed E-state index contributed by atoms with van der Waals surface area (Å²) in [6.45, 7) is 2.07. The van der Waals surface area contributed by atoms with Gasteiger partial charge < -0.3 is 0 Å². The largest absolute Gasteiger partial charge is 0.204 e. The van der Waals surface area contributed by atoms with Gasteiger partial charge in [-0.3, -0.25) is 0 Å². The van der Waals surface area contributed by atoms with E-state index in [2.05, 4.69) is 22.9 Å². The molecule has 0 N–H and O–H groups in total. The molecular weight excluding hydrogens is 250 g/mol. The molecule has 0 radical (unpaired) electrons. The molecule has 0 nitrogen and oxygen atoms in total. The van der Waals surface area contributed by atoms with Crippen molar-refractivity contribution in [3.05, 3.63) is 35.4 Å².